The van der Waals surface area contributed by atoms with Crippen LogP contribution >= 0.6 is 0 Å². The van der Waals surface area contributed by atoms with Gasteiger partial charge in [0.1, 0.15) is 0 Å². The summed E-state index contributed by atoms with van der Waals surface area (Å²) in [5.74, 6) is 0.926. The van der Waals surface area contributed by atoms with Crippen molar-refractivity contribution >= 4 is 5.78 Å². The Balaban J connectivity index is 2.52. The zero-order valence-electron chi connectivity index (χ0n) is 11.9. The Morgan fingerprint density at radius 1 is 1.35 bits per heavy atom. The molecule has 0 radical (unpaired) electrons. The van der Waals surface area contributed by atoms with Gasteiger partial charge in [0.15, 0.2) is 5.78 Å². The predicted octanol–water partition coefficient (Wildman–Crippen LogP) is 2.07. The first-order valence-electron chi connectivity index (χ1n) is 6.97. The molecule has 0 aromatic rings. The summed E-state index contributed by atoms with van der Waals surface area (Å²) in [7, 11) is 0. The molecule has 100 valence electrons. The van der Waals surface area contributed by atoms with Gasteiger partial charge in [-0.25, -0.2) is 0 Å². The maximum atomic E-state index is 12.4. The van der Waals surface area contributed by atoms with E-state index in [9.17, 15) is 4.79 Å². The van der Waals surface area contributed by atoms with Crippen LogP contribution in [0.3, 0.4) is 0 Å². The van der Waals surface area contributed by atoms with Gasteiger partial charge < -0.3 is 5.32 Å². The van der Waals surface area contributed by atoms with Crippen LogP contribution < -0.4 is 5.32 Å². The Morgan fingerprint density at radius 3 is 2.47 bits per heavy atom. The zero-order valence-corrected chi connectivity index (χ0v) is 11.9. The van der Waals surface area contributed by atoms with Gasteiger partial charge in [-0.3, -0.25) is 9.69 Å². The van der Waals surface area contributed by atoms with Gasteiger partial charge in [0.05, 0.1) is 5.54 Å². The third-order valence-electron chi connectivity index (χ3n) is 3.91. The Bertz CT molecular complexity index is 245. The second-order valence-electron chi connectivity index (χ2n) is 5.82. The molecule has 1 unspecified atom stereocenters. The van der Waals surface area contributed by atoms with Gasteiger partial charge in [-0.05, 0) is 19.8 Å². The largest absolute Gasteiger partial charge is 0.314 e. The van der Waals surface area contributed by atoms with Crippen molar-refractivity contribution < 1.29 is 4.79 Å². The first-order chi connectivity index (χ1) is 7.98. The number of Topliss-reactive ketones (excluding diaryl/α,β-unsaturated/α-hetero) is 1. The van der Waals surface area contributed by atoms with Crippen LogP contribution in [-0.2, 0) is 4.79 Å². The smallest absolute Gasteiger partial charge is 0.152 e. The number of piperazine rings is 1. The summed E-state index contributed by atoms with van der Waals surface area (Å²) >= 11 is 0. The van der Waals surface area contributed by atoms with E-state index < -0.39 is 0 Å². The molecular formula is C14H28N2O. The van der Waals surface area contributed by atoms with Crippen molar-refractivity contribution in [2.75, 3.05) is 26.2 Å². The maximum absolute atomic E-state index is 12.4. The Hall–Kier alpha value is -0.410. The third kappa shape index (κ3) is 4.07. The minimum Gasteiger partial charge on any atom is -0.314 e. The second-order valence-corrected chi connectivity index (χ2v) is 5.82. The molecule has 1 fully saturated rings. The molecule has 1 N–H and O–H groups in total. The van der Waals surface area contributed by atoms with Crippen LogP contribution in [0.25, 0.3) is 0 Å². The van der Waals surface area contributed by atoms with E-state index in [1.54, 1.807) is 0 Å². The van der Waals surface area contributed by atoms with Crippen LogP contribution in [0.5, 0.6) is 0 Å². The van der Waals surface area contributed by atoms with Crippen molar-refractivity contribution in [2.45, 2.75) is 52.5 Å². The van der Waals surface area contributed by atoms with Gasteiger partial charge in [0.2, 0.25) is 0 Å². The Labute approximate surface area is 106 Å². The summed E-state index contributed by atoms with van der Waals surface area (Å²) in [5, 5.41) is 3.33. The van der Waals surface area contributed by atoms with Crippen molar-refractivity contribution in [1.29, 1.82) is 0 Å². The van der Waals surface area contributed by atoms with Crippen LogP contribution in [0, 0.1) is 5.92 Å². The van der Waals surface area contributed by atoms with E-state index >= 15 is 0 Å². The molecule has 17 heavy (non-hydrogen) atoms. The van der Waals surface area contributed by atoms with Crippen molar-refractivity contribution in [3.8, 4) is 0 Å². The number of carbonyl (C=O) groups is 1. The molecule has 1 atom stereocenters. The fourth-order valence-corrected chi connectivity index (χ4v) is 2.56. The maximum Gasteiger partial charge on any atom is 0.152 e. The van der Waals surface area contributed by atoms with Crippen molar-refractivity contribution in [3.63, 3.8) is 0 Å². The van der Waals surface area contributed by atoms with E-state index in [1.165, 1.54) is 6.42 Å². The van der Waals surface area contributed by atoms with Gasteiger partial charge >= 0.3 is 0 Å². The fraction of sp³-hybridized carbons (Fsp3) is 0.929. The standard InChI is InChI=1S/C14H28N2O/c1-5-6-12(2)11-13(17)14(3,4)16-9-7-15-8-10-16/h12,15H,5-11H2,1-4H3. The average Bonchev–Trinajstić information content (AvgIpc) is 2.30. The molecule has 1 aliphatic heterocycles. The van der Waals surface area contributed by atoms with Gasteiger partial charge in [0.25, 0.3) is 0 Å². The highest BCUT2D eigenvalue weighted by Crippen LogP contribution is 2.22. The minimum absolute atomic E-state index is 0.288. The van der Waals surface area contributed by atoms with E-state index in [0.29, 0.717) is 11.7 Å². The molecule has 3 nitrogen and oxygen atoms in total. The van der Waals surface area contributed by atoms with Gasteiger partial charge in [-0.15, -0.1) is 0 Å². The molecule has 0 bridgehead atoms. The molecule has 3 heteroatoms. The van der Waals surface area contributed by atoms with E-state index in [2.05, 4.69) is 37.9 Å². The molecule has 0 spiro atoms. The predicted molar refractivity (Wildman–Crippen MR) is 72.2 cm³/mol. The van der Waals surface area contributed by atoms with Crippen molar-refractivity contribution in [3.05, 3.63) is 0 Å². The first kappa shape index (κ1) is 14.7. The lowest BCUT2D eigenvalue weighted by Crippen LogP contribution is -2.57. The first-order valence-corrected chi connectivity index (χ1v) is 6.97. The lowest BCUT2D eigenvalue weighted by molar-refractivity contribution is -0.130. The summed E-state index contributed by atoms with van der Waals surface area (Å²) in [6, 6.07) is 0. The van der Waals surface area contributed by atoms with Crippen molar-refractivity contribution in [1.82, 2.24) is 10.2 Å². The van der Waals surface area contributed by atoms with E-state index in [1.807, 2.05) is 0 Å². The summed E-state index contributed by atoms with van der Waals surface area (Å²) in [5.41, 5.74) is -0.288. The van der Waals surface area contributed by atoms with E-state index in [4.69, 9.17) is 0 Å². The number of ketones is 1. The molecule has 1 heterocycles. The number of hydrogen-bond acceptors (Lipinski definition) is 3. The molecular weight excluding hydrogens is 212 g/mol. The van der Waals surface area contributed by atoms with E-state index in [-0.39, 0.29) is 5.54 Å². The summed E-state index contributed by atoms with van der Waals surface area (Å²) in [6.45, 7) is 12.5. The van der Waals surface area contributed by atoms with Crippen molar-refractivity contribution in [2.24, 2.45) is 5.92 Å². The highest BCUT2D eigenvalue weighted by Gasteiger charge is 2.34. The Morgan fingerprint density at radius 2 is 1.94 bits per heavy atom. The summed E-state index contributed by atoms with van der Waals surface area (Å²) in [6.07, 6.45) is 3.05. The molecule has 0 saturated carbocycles. The Kier molecular flexibility index (Phi) is 5.60. The zero-order chi connectivity index (χ0) is 12.9. The van der Waals surface area contributed by atoms with Gasteiger partial charge in [-0.2, -0.15) is 0 Å². The van der Waals surface area contributed by atoms with Gasteiger partial charge in [0, 0.05) is 32.6 Å². The number of hydrogen-bond donors (Lipinski definition) is 1. The van der Waals surface area contributed by atoms with Crippen LogP contribution in [0.1, 0.15) is 47.0 Å². The molecule has 0 amide bonds. The van der Waals surface area contributed by atoms with Crippen LogP contribution in [0.15, 0.2) is 0 Å². The molecule has 1 rings (SSSR count). The van der Waals surface area contributed by atoms with E-state index in [0.717, 1.165) is 39.0 Å². The lowest BCUT2D eigenvalue weighted by atomic mass is 9.88. The highest BCUT2D eigenvalue weighted by molar-refractivity contribution is 5.87. The number of nitrogens with one attached hydrogen (secondary N) is 1. The molecule has 0 aromatic heterocycles. The quantitative estimate of drug-likeness (QED) is 0.771. The lowest BCUT2D eigenvalue weighted by Gasteiger charge is -2.40. The summed E-state index contributed by atoms with van der Waals surface area (Å²) in [4.78, 5) is 14.7. The average molecular weight is 240 g/mol. The minimum atomic E-state index is -0.288. The SMILES string of the molecule is CCCC(C)CC(=O)C(C)(C)N1CCNCC1. The van der Waals surface area contributed by atoms with Gasteiger partial charge in [-0.1, -0.05) is 26.7 Å². The number of rotatable bonds is 6. The molecule has 1 aliphatic rings. The highest BCUT2D eigenvalue weighted by atomic mass is 16.1. The third-order valence-corrected chi connectivity index (χ3v) is 3.91. The van der Waals surface area contributed by atoms with Crippen LogP contribution in [0.4, 0.5) is 0 Å². The van der Waals surface area contributed by atoms with Crippen LogP contribution in [0.2, 0.25) is 0 Å². The molecule has 0 aliphatic carbocycles. The number of carbonyl (C=O) groups excluding carboxylic acids is 1. The topological polar surface area (TPSA) is 32.3 Å². The monoisotopic (exact) mass is 240 g/mol. The van der Waals surface area contributed by atoms with Crippen LogP contribution in [-0.4, -0.2) is 42.4 Å². The fourth-order valence-electron chi connectivity index (χ4n) is 2.56. The number of nitrogens with zero attached hydrogens (tertiary/aromatic N) is 1. The normalized spacial score (nSPS) is 20.2. The second kappa shape index (κ2) is 6.50. The summed E-state index contributed by atoms with van der Waals surface area (Å²) < 4.78 is 0. The molecule has 0 aromatic carbocycles. The molecule has 1 saturated heterocycles.